The van der Waals surface area contributed by atoms with Crippen molar-refractivity contribution in [2.24, 2.45) is 0 Å². The van der Waals surface area contributed by atoms with E-state index >= 15 is 0 Å². The normalized spacial score (nSPS) is 19.8. The number of nitrogens with zero attached hydrogens (tertiary/aromatic N) is 5. The number of carbonyl (C=O) groups excluding carboxylic acids is 1. The molecule has 1 aliphatic rings. The quantitative estimate of drug-likeness (QED) is 0.331. The summed E-state index contributed by atoms with van der Waals surface area (Å²) in [6.07, 6.45) is 5.08. The molecule has 10 nitrogen and oxygen atoms in total. The Balaban J connectivity index is 1.23. The minimum atomic E-state index is -0.919. The fourth-order valence-electron chi connectivity index (χ4n) is 4.60. The Morgan fingerprint density at radius 1 is 1.22 bits per heavy atom. The number of amides is 1. The average Bonchev–Trinajstić information content (AvgIpc) is 3.46. The van der Waals surface area contributed by atoms with Crippen LogP contribution in [0.25, 0.3) is 5.82 Å². The van der Waals surface area contributed by atoms with Crippen LogP contribution in [0.4, 0.5) is 16.0 Å². The summed E-state index contributed by atoms with van der Waals surface area (Å²) >= 11 is 0. The van der Waals surface area contributed by atoms with Crippen molar-refractivity contribution in [2.75, 3.05) is 12.4 Å². The zero-order valence-corrected chi connectivity index (χ0v) is 21.1. The second-order valence-electron chi connectivity index (χ2n) is 9.57. The molecule has 1 saturated carbocycles. The molecule has 0 unspecified atom stereocenters. The molecule has 1 fully saturated rings. The first-order valence-corrected chi connectivity index (χ1v) is 12.0. The Hall–Kier alpha value is -4.12. The van der Waals surface area contributed by atoms with E-state index in [1.807, 2.05) is 45.0 Å². The third-order valence-electron chi connectivity index (χ3n) is 6.73. The Morgan fingerprint density at radius 3 is 2.65 bits per heavy atom. The predicted octanol–water partition coefficient (Wildman–Crippen LogP) is 4.02. The molecule has 0 bridgehead atoms. The van der Waals surface area contributed by atoms with Crippen LogP contribution in [0.5, 0.6) is 0 Å². The lowest BCUT2D eigenvalue weighted by Gasteiger charge is -2.45. The number of hydrogen-bond acceptors (Lipinski definition) is 7. The van der Waals surface area contributed by atoms with Gasteiger partial charge in [0, 0.05) is 36.7 Å². The first-order valence-electron chi connectivity index (χ1n) is 12.0. The number of nitrogens with one attached hydrogen (secondary N) is 3. The summed E-state index contributed by atoms with van der Waals surface area (Å²) < 4.78 is 20.3. The first-order chi connectivity index (χ1) is 17.7. The molecule has 11 heteroatoms. The van der Waals surface area contributed by atoms with Crippen molar-refractivity contribution in [3.8, 4) is 5.82 Å². The number of H-pyrrole nitrogens is 1. The molecule has 0 aliphatic heterocycles. The van der Waals surface area contributed by atoms with Crippen molar-refractivity contribution in [3.05, 3.63) is 77.3 Å². The Kier molecular flexibility index (Phi) is 6.46. The molecule has 0 aromatic carbocycles. The van der Waals surface area contributed by atoms with Gasteiger partial charge in [-0.1, -0.05) is 6.07 Å². The fourth-order valence-corrected chi connectivity index (χ4v) is 4.60. The summed E-state index contributed by atoms with van der Waals surface area (Å²) in [4.78, 5) is 22.4. The van der Waals surface area contributed by atoms with Gasteiger partial charge in [0.2, 0.25) is 0 Å². The topological polar surface area (TPSA) is 123 Å². The van der Waals surface area contributed by atoms with Crippen LogP contribution < -0.4 is 10.6 Å². The van der Waals surface area contributed by atoms with Gasteiger partial charge in [0.05, 0.1) is 18.4 Å². The van der Waals surface area contributed by atoms with Crippen LogP contribution >= 0.6 is 0 Å². The largest absolute Gasteiger partial charge is 0.368 e. The molecule has 0 spiro atoms. The molecule has 0 saturated heterocycles. The smallest absolute Gasteiger partial charge is 0.252 e. The SMILES string of the molecule is CO[C@]1(C(=O)N[C@@H](C)c2ccc(-n3cc(F)cn3)nc2)C[C@H](c2cc(C)cc(Nc3cc(C)[nH]n3)n2)C1. The molecule has 4 heterocycles. The molecule has 0 radical (unpaired) electrons. The molecule has 1 amide bonds. The van der Waals surface area contributed by atoms with E-state index in [0.717, 1.165) is 28.7 Å². The van der Waals surface area contributed by atoms with Gasteiger partial charge in [-0.2, -0.15) is 10.2 Å². The van der Waals surface area contributed by atoms with Gasteiger partial charge < -0.3 is 15.4 Å². The van der Waals surface area contributed by atoms with Gasteiger partial charge in [0.1, 0.15) is 11.4 Å². The van der Waals surface area contributed by atoms with E-state index in [1.165, 1.54) is 10.9 Å². The number of methoxy groups -OCH3 is 1. The van der Waals surface area contributed by atoms with Crippen LogP contribution in [0.2, 0.25) is 0 Å². The fraction of sp³-hybridized carbons (Fsp3) is 0.346. The Labute approximate surface area is 213 Å². The molecule has 4 aromatic rings. The molecule has 1 atom stereocenters. The highest BCUT2D eigenvalue weighted by atomic mass is 19.1. The van der Waals surface area contributed by atoms with Crippen molar-refractivity contribution < 1.29 is 13.9 Å². The van der Waals surface area contributed by atoms with Crippen LogP contribution in [-0.4, -0.2) is 48.6 Å². The van der Waals surface area contributed by atoms with E-state index in [-0.39, 0.29) is 17.9 Å². The van der Waals surface area contributed by atoms with Crippen LogP contribution in [-0.2, 0) is 9.53 Å². The molecule has 1 aliphatic carbocycles. The molecular formula is C26H29FN8O2. The second-order valence-corrected chi connectivity index (χ2v) is 9.57. The van der Waals surface area contributed by atoms with Gasteiger partial charge in [0.15, 0.2) is 17.5 Å². The van der Waals surface area contributed by atoms with E-state index in [4.69, 9.17) is 9.72 Å². The number of pyridine rings is 2. The van der Waals surface area contributed by atoms with Crippen molar-refractivity contribution >= 4 is 17.5 Å². The van der Waals surface area contributed by atoms with E-state index in [2.05, 4.69) is 30.9 Å². The van der Waals surface area contributed by atoms with Crippen molar-refractivity contribution in [3.63, 3.8) is 0 Å². The minimum Gasteiger partial charge on any atom is -0.368 e. The van der Waals surface area contributed by atoms with Crippen LogP contribution in [0.15, 0.2) is 48.9 Å². The molecule has 4 aromatic heterocycles. The molecule has 192 valence electrons. The van der Waals surface area contributed by atoms with Crippen molar-refractivity contribution in [2.45, 2.75) is 51.2 Å². The predicted molar refractivity (Wildman–Crippen MR) is 135 cm³/mol. The summed E-state index contributed by atoms with van der Waals surface area (Å²) in [5.41, 5.74) is 2.84. The van der Waals surface area contributed by atoms with Crippen LogP contribution in [0.3, 0.4) is 0 Å². The Morgan fingerprint density at radius 2 is 2.03 bits per heavy atom. The first kappa shape index (κ1) is 24.6. The maximum atomic E-state index is 13.3. The summed E-state index contributed by atoms with van der Waals surface area (Å²) in [5, 5.41) is 17.3. The van der Waals surface area contributed by atoms with Gasteiger partial charge in [-0.15, -0.1) is 0 Å². The third kappa shape index (κ3) is 5.08. The van der Waals surface area contributed by atoms with E-state index in [0.29, 0.717) is 30.3 Å². The summed E-state index contributed by atoms with van der Waals surface area (Å²) in [6.45, 7) is 5.84. The summed E-state index contributed by atoms with van der Waals surface area (Å²) in [5.74, 6) is 1.39. The highest BCUT2D eigenvalue weighted by Crippen LogP contribution is 2.47. The van der Waals surface area contributed by atoms with Crippen LogP contribution in [0, 0.1) is 19.7 Å². The van der Waals surface area contributed by atoms with Crippen molar-refractivity contribution in [1.82, 2.24) is 35.3 Å². The Bertz CT molecular complexity index is 1410. The minimum absolute atomic E-state index is 0.0952. The maximum absolute atomic E-state index is 13.3. The van der Waals surface area contributed by atoms with E-state index in [1.54, 1.807) is 19.4 Å². The zero-order valence-electron chi connectivity index (χ0n) is 21.1. The lowest BCUT2D eigenvalue weighted by molar-refractivity contribution is -0.158. The maximum Gasteiger partial charge on any atom is 0.252 e. The number of carbonyl (C=O) groups is 1. The van der Waals surface area contributed by atoms with Crippen molar-refractivity contribution in [1.29, 1.82) is 0 Å². The number of aromatic nitrogens is 6. The van der Waals surface area contributed by atoms with Crippen LogP contribution in [0.1, 0.15) is 54.2 Å². The van der Waals surface area contributed by atoms with Gasteiger partial charge in [-0.3, -0.25) is 9.89 Å². The number of hydrogen-bond donors (Lipinski definition) is 3. The molecular weight excluding hydrogens is 475 g/mol. The third-order valence-corrected chi connectivity index (χ3v) is 6.73. The van der Waals surface area contributed by atoms with Gasteiger partial charge >= 0.3 is 0 Å². The lowest BCUT2D eigenvalue weighted by atomic mass is 9.68. The number of ether oxygens (including phenoxy) is 1. The number of aromatic amines is 1. The monoisotopic (exact) mass is 504 g/mol. The van der Waals surface area contributed by atoms with E-state index in [9.17, 15) is 9.18 Å². The average molecular weight is 505 g/mol. The summed E-state index contributed by atoms with van der Waals surface area (Å²) in [7, 11) is 1.57. The standard InChI is InChI=1S/C26H29FN8O2/c1-15-7-21(31-22(8-15)32-23-9-16(2)33-34-23)19-10-26(11-19,37-4)25(36)30-17(3)18-5-6-24(28-12-18)35-14-20(27)13-29-35/h5-9,12-14,17,19H,10-11H2,1-4H3,(H,30,36)(H2,31,32,33,34)/t17-,19-,26+/m0/s1. The number of rotatable bonds is 8. The summed E-state index contributed by atoms with van der Waals surface area (Å²) in [6, 6.07) is 9.20. The number of aryl methyl sites for hydroxylation is 2. The second kappa shape index (κ2) is 9.74. The highest BCUT2D eigenvalue weighted by molar-refractivity contribution is 5.87. The lowest BCUT2D eigenvalue weighted by Crippen LogP contribution is -2.56. The van der Waals surface area contributed by atoms with E-state index < -0.39 is 11.4 Å². The highest BCUT2D eigenvalue weighted by Gasteiger charge is 2.52. The molecule has 5 rings (SSSR count). The molecule has 3 N–H and O–H groups in total. The van der Waals surface area contributed by atoms with Gasteiger partial charge in [-0.05, 0) is 62.9 Å². The number of anilines is 2. The number of halogens is 1. The molecule has 37 heavy (non-hydrogen) atoms. The van der Waals surface area contributed by atoms with Gasteiger partial charge in [-0.25, -0.2) is 19.0 Å². The zero-order chi connectivity index (χ0) is 26.2. The van der Waals surface area contributed by atoms with Gasteiger partial charge in [0.25, 0.3) is 5.91 Å².